The van der Waals surface area contributed by atoms with Crippen LogP contribution < -0.4 is 5.32 Å². The van der Waals surface area contributed by atoms with Crippen molar-refractivity contribution < 1.29 is 0 Å². The van der Waals surface area contributed by atoms with E-state index < -0.39 is 0 Å². The lowest BCUT2D eigenvalue weighted by Crippen LogP contribution is -2.33. The Morgan fingerprint density at radius 2 is 1.90 bits per heavy atom. The van der Waals surface area contributed by atoms with Crippen molar-refractivity contribution >= 4 is 11.3 Å². The highest BCUT2D eigenvalue weighted by Gasteiger charge is 2.13. The average Bonchev–Trinajstić information content (AvgIpc) is 2.76. The van der Waals surface area contributed by atoms with Gasteiger partial charge in [-0.25, -0.2) is 4.98 Å². The minimum atomic E-state index is 0.474. The molecule has 1 unspecified atom stereocenters. The summed E-state index contributed by atoms with van der Waals surface area (Å²) in [6.07, 6.45) is 3.26. The smallest absolute Gasteiger partial charge is 0.0946 e. The third-order valence-corrected chi connectivity index (χ3v) is 4.60. The van der Waals surface area contributed by atoms with Gasteiger partial charge in [-0.2, -0.15) is 0 Å². The second kappa shape index (κ2) is 7.55. The first-order valence-electron chi connectivity index (χ1n) is 7.39. The molecule has 0 aliphatic rings. The van der Waals surface area contributed by atoms with E-state index in [4.69, 9.17) is 0 Å². The molecular formula is C17H24N2S. The highest BCUT2D eigenvalue weighted by atomic mass is 32.1. The first-order valence-corrected chi connectivity index (χ1v) is 8.21. The van der Waals surface area contributed by atoms with Crippen LogP contribution in [0.4, 0.5) is 0 Å². The minimum absolute atomic E-state index is 0.474. The highest BCUT2D eigenvalue weighted by Crippen LogP contribution is 2.19. The largest absolute Gasteiger partial charge is 0.313 e. The summed E-state index contributed by atoms with van der Waals surface area (Å²) in [4.78, 5) is 6.02. The number of aromatic nitrogens is 1. The molecule has 1 aromatic heterocycles. The van der Waals surface area contributed by atoms with Gasteiger partial charge in [0.05, 0.1) is 10.7 Å². The van der Waals surface area contributed by atoms with Crippen LogP contribution in [-0.4, -0.2) is 17.6 Å². The van der Waals surface area contributed by atoms with Crippen molar-refractivity contribution in [2.45, 2.75) is 46.1 Å². The van der Waals surface area contributed by atoms with Crippen molar-refractivity contribution in [2.24, 2.45) is 0 Å². The molecule has 3 heteroatoms. The summed E-state index contributed by atoms with van der Waals surface area (Å²) in [6, 6.07) is 11.2. The maximum atomic E-state index is 4.68. The number of thiazole rings is 1. The Morgan fingerprint density at radius 1 is 1.15 bits per heavy atom. The molecule has 20 heavy (non-hydrogen) atoms. The molecule has 0 bridgehead atoms. The molecule has 2 rings (SSSR count). The Balaban J connectivity index is 2.03. The van der Waals surface area contributed by atoms with Crippen LogP contribution in [0.3, 0.4) is 0 Å². The molecule has 0 spiro atoms. The van der Waals surface area contributed by atoms with E-state index in [1.807, 2.05) is 11.3 Å². The molecule has 0 saturated heterocycles. The van der Waals surface area contributed by atoms with E-state index in [2.05, 4.69) is 61.4 Å². The fraction of sp³-hybridized carbons (Fsp3) is 0.471. The first-order chi connectivity index (χ1) is 9.69. The van der Waals surface area contributed by atoms with E-state index in [0.29, 0.717) is 6.04 Å². The van der Waals surface area contributed by atoms with Gasteiger partial charge in [-0.05, 0) is 38.8 Å². The zero-order valence-corrected chi connectivity index (χ0v) is 13.5. The Morgan fingerprint density at radius 3 is 2.50 bits per heavy atom. The van der Waals surface area contributed by atoms with Gasteiger partial charge in [-0.15, -0.1) is 11.3 Å². The van der Waals surface area contributed by atoms with Crippen LogP contribution in [0.5, 0.6) is 0 Å². The van der Waals surface area contributed by atoms with Gasteiger partial charge in [0.15, 0.2) is 0 Å². The molecule has 1 atom stereocenters. The van der Waals surface area contributed by atoms with Gasteiger partial charge in [0.1, 0.15) is 0 Å². The summed E-state index contributed by atoms with van der Waals surface area (Å²) >= 11 is 1.84. The maximum Gasteiger partial charge on any atom is 0.0946 e. The van der Waals surface area contributed by atoms with Crippen LogP contribution in [0.25, 0.3) is 0 Å². The Labute approximate surface area is 126 Å². The fourth-order valence-corrected chi connectivity index (χ4v) is 3.31. The maximum absolute atomic E-state index is 4.68. The fourth-order valence-electron chi connectivity index (χ4n) is 2.30. The predicted molar refractivity (Wildman–Crippen MR) is 87.5 cm³/mol. The molecule has 0 saturated carbocycles. The lowest BCUT2D eigenvalue weighted by atomic mass is 10.0. The van der Waals surface area contributed by atoms with Crippen molar-refractivity contribution in [3.8, 4) is 0 Å². The monoisotopic (exact) mass is 288 g/mol. The molecule has 108 valence electrons. The van der Waals surface area contributed by atoms with Gasteiger partial charge in [-0.1, -0.05) is 37.3 Å². The number of hydrogen-bond acceptors (Lipinski definition) is 3. The predicted octanol–water partition coefficient (Wildman–Crippen LogP) is 3.91. The van der Waals surface area contributed by atoms with E-state index in [0.717, 1.165) is 19.4 Å². The van der Waals surface area contributed by atoms with Crippen LogP contribution in [0, 0.1) is 13.8 Å². The molecule has 1 N–H and O–H groups in total. The van der Waals surface area contributed by atoms with E-state index in [1.54, 1.807) is 0 Å². The van der Waals surface area contributed by atoms with Crippen LogP contribution in [0.2, 0.25) is 0 Å². The minimum Gasteiger partial charge on any atom is -0.313 e. The quantitative estimate of drug-likeness (QED) is 0.835. The zero-order valence-electron chi connectivity index (χ0n) is 12.6. The van der Waals surface area contributed by atoms with Crippen LogP contribution in [0.15, 0.2) is 30.3 Å². The third kappa shape index (κ3) is 4.43. The van der Waals surface area contributed by atoms with Gasteiger partial charge in [0, 0.05) is 17.3 Å². The Bertz CT molecular complexity index is 500. The van der Waals surface area contributed by atoms with Crippen LogP contribution in [0.1, 0.15) is 34.5 Å². The number of nitrogens with one attached hydrogen (secondary N) is 1. The van der Waals surface area contributed by atoms with Crippen molar-refractivity contribution in [3.63, 3.8) is 0 Å². The van der Waals surface area contributed by atoms with Gasteiger partial charge in [0.25, 0.3) is 0 Å². The number of benzene rings is 1. The van der Waals surface area contributed by atoms with Crippen LogP contribution in [-0.2, 0) is 12.8 Å². The topological polar surface area (TPSA) is 24.9 Å². The third-order valence-electron chi connectivity index (χ3n) is 3.50. The van der Waals surface area contributed by atoms with Crippen molar-refractivity contribution in [1.29, 1.82) is 0 Å². The van der Waals surface area contributed by atoms with Gasteiger partial charge >= 0.3 is 0 Å². The lowest BCUT2D eigenvalue weighted by Gasteiger charge is -2.17. The summed E-state index contributed by atoms with van der Waals surface area (Å²) in [6.45, 7) is 7.54. The first kappa shape index (κ1) is 15.2. The van der Waals surface area contributed by atoms with Crippen molar-refractivity contribution in [1.82, 2.24) is 10.3 Å². The lowest BCUT2D eigenvalue weighted by molar-refractivity contribution is 0.504. The number of nitrogens with zero attached hydrogens (tertiary/aromatic N) is 1. The average molecular weight is 288 g/mol. The molecule has 1 heterocycles. The summed E-state index contributed by atoms with van der Waals surface area (Å²) in [5.41, 5.74) is 2.57. The summed E-state index contributed by atoms with van der Waals surface area (Å²) in [5.74, 6) is 0. The standard InChI is InChI=1S/C17H24N2S/c1-4-10-18-16(11-15-8-6-5-7-9-15)12-17-19-13(2)14(3)20-17/h5-9,16,18H,4,10-12H2,1-3H3. The van der Waals surface area contributed by atoms with E-state index in [-0.39, 0.29) is 0 Å². The van der Waals surface area contributed by atoms with E-state index >= 15 is 0 Å². The molecule has 1 aromatic carbocycles. The summed E-state index contributed by atoms with van der Waals surface area (Å²) in [5, 5.41) is 4.92. The molecule has 0 aliphatic heterocycles. The van der Waals surface area contributed by atoms with Gasteiger partial charge < -0.3 is 5.32 Å². The van der Waals surface area contributed by atoms with Crippen molar-refractivity contribution in [2.75, 3.05) is 6.54 Å². The van der Waals surface area contributed by atoms with E-state index in [9.17, 15) is 0 Å². The Hall–Kier alpha value is -1.19. The SMILES string of the molecule is CCCNC(Cc1ccccc1)Cc1nc(C)c(C)s1. The molecule has 0 amide bonds. The molecule has 0 aliphatic carbocycles. The number of rotatable bonds is 7. The highest BCUT2D eigenvalue weighted by molar-refractivity contribution is 7.11. The normalized spacial score (nSPS) is 12.6. The summed E-state index contributed by atoms with van der Waals surface area (Å²) in [7, 11) is 0. The van der Waals surface area contributed by atoms with Crippen LogP contribution >= 0.6 is 11.3 Å². The molecule has 0 fully saturated rings. The summed E-state index contributed by atoms with van der Waals surface area (Å²) < 4.78 is 0. The van der Waals surface area contributed by atoms with E-state index in [1.165, 1.54) is 27.6 Å². The van der Waals surface area contributed by atoms with Gasteiger partial charge in [-0.3, -0.25) is 0 Å². The molecule has 0 radical (unpaired) electrons. The number of hydrogen-bond donors (Lipinski definition) is 1. The van der Waals surface area contributed by atoms with Gasteiger partial charge in [0.2, 0.25) is 0 Å². The second-order valence-corrected chi connectivity index (χ2v) is 6.58. The zero-order chi connectivity index (χ0) is 14.4. The Kier molecular flexibility index (Phi) is 5.74. The molecular weight excluding hydrogens is 264 g/mol. The molecule has 2 nitrogen and oxygen atoms in total. The van der Waals surface area contributed by atoms with Crippen molar-refractivity contribution in [3.05, 3.63) is 51.5 Å². The second-order valence-electron chi connectivity index (χ2n) is 5.29. The molecule has 2 aromatic rings. The number of aryl methyl sites for hydroxylation is 2.